The number of halogens is 2. The maximum Gasteiger partial charge on any atom is 0.255 e. The summed E-state index contributed by atoms with van der Waals surface area (Å²) in [6.45, 7) is 0. The molecule has 0 aromatic heterocycles. The van der Waals surface area contributed by atoms with Crippen LogP contribution in [-0.2, 0) is 0 Å². The van der Waals surface area contributed by atoms with Crippen molar-refractivity contribution >= 4 is 55.8 Å². The predicted octanol–water partition coefficient (Wildman–Crippen LogP) is 3.89. The summed E-state index contributed by atoms with van der Waals surface area (Å²) in [4.78, 5) is 12.0. The van der Waals surface area contributed by atoms with Crippen LogP contribution in [0.2, 0.25) is 0 Å². The number of benzene rings is 2. The van der Waals surface area contributed by atoms with Crippen LogP contribution in [0.1, 0.15) is 10.4 Å². The van der Waals surface area contributed by atoms with Crippen LogP contribution >= 0.6 is 38.5 Å². The number of rotatable bonds is 2. The third-order valence-electron chi connectivity index (χ3n) is 2.36. The van der Waals surface area contributed by atoms with Gasteiger partial charge in [-0.2, -0.15) is 0 Å². The van der Waals surface area contributed by atoms with Gasteiger partial charge in [-0.3, -0.25) is 4.79 Å². The number of nitrogen functional groups attached to an aromatic ring is 1. The summed E-state index contributed by atoms with van der Waals surface area (Å²) in [5.41, 5.74) is 7.66. The zero-order valence-corrected chi connectivity index (χ0v) is 13.0. The Labute approximate surface area is 127 Å². The molecule has 3 nitrogen and oxygen atoms in total. The van der Waals surface area contributed by atoms with E-state index in [0.717, 1.165) is 8.04 Å². The second-order valence-electron chi connectivity index (χ2n) is 3.70. The summed E-state index contributed by atoms with van der Waals surface area (Å²) in [5.74, 6) is -0.136. The van der Waals surface area contributed by atoms with E-state index in [9.17, 15) is 4.79 Å². The monoisotopic (exact) mass is 416 g/mol. The van der Waals surface area contributed by atoms with Crippen molar-refractivity contribution < 1.29 is 4.79 Å². The maximum absolute atomic E-state index is 12.0. The number of carbonyl (C=O) groups excluding carboxylic acids is 1. The molecule has 2 aromatic rings. The van der Waals surface area contributed by atoms with Crippen LogP contribution in [0, 0.1) is 3.57 Å². The third kappa shape index (κ3) is 3.23. The first-order valence-electron chi connectivity index (χ1n) is 5.18. The molecule has 0 aliphatic rings. The van der Waals surface area contributed by atoms with E-state index in [1.54, 1.807) is 30.3 Å². The summed E-state index contributed by atoms with van der Waals surface area (Å²) >= 11 is 5.52. The van der Waals surface area contributed by atoms with Gasteiger partial charge in [-0.25, -0.2) is 0 Å². The van der Waals surface area contributed by atoms with Crippen molar-refractivity contribution in [2.24, 2.45) is 0 Å². The SMILES string of the molecule is Nc1ccc(NC(=O)c2ccc(I)cc2)cc1Br. The van der Waals surface area contributed by atoms with Crippen LogP contribution in [0.4, 0.5) is 11.4 Å². The average molecular weight is 417 g/mol. The van der Waals surface area contributed by atoms with Gasteiger partial charge in [0.2, 0.25) is 0 Å². The fourth-order valence-electron chi connectivity index (χ4n) is 1.41. The Morgan fingerprint density at radius 1 is 1.17 bits per heavy atom. The van der Waals surface area contributed by atoms with E-state index >= 15 is 0 Å². The number of anilines is 2. The van der Waals surface area contributed by atoms with Gasteiger partial charge in [0.25, 0.3) is 5.91 Å². The smallest absolute Gasteiger partial charge is 0.255 e. The number of hydrogen-bond acceptors (Lipinski definition) is 2. The summed E-state index contributed by atoms with van der Waals surface area (Å²) < 4.78 is 1.86. The molecule has 0 saturated carbocycles. The minimum Gasteiger partial charge on any atom is -0.398 e. The topological polar surface area (TPSA) is 55.1 Å². The standard InChI is InChI=1S/C13H10BrIN2O/c14-11-7-10(5-6-12(11)16)17-13(18)8-1-3-9(15)4-2-8/h1-7H,16H2,(H,17,18). The Hall–Kier alpha value is -1.08. The number of amides is 1. The third-order valence-corrected chi connectivity index (χ3v) is 3.77. The Balaban J connectivity index is 2.16. The zero-order valence-electron chi connectivity index (χ0n) is 9.28. The van der Waals surface area contributed by atoms with Crippen molar-refractivity contribution in [1.29, 1.82) is 0 Å². The predicted molar refractivity (Wildman–Crippen MR) is 85.7 cm³/mol. The molecule has 2 rings (SSSR count). The largest absolute Gasteiger partial charge is 0.398 e. The van der Waals surface area contributed by atoms with E-state index in [-0.39, 0.29) is 5.91 Å². The van der Waals surface area contributed by atoms with Crippen LogP contribution in [0.15, 0.2) is 46.9 Å². The maximum atomic E-state index is 12.0. The van der Waals surface area contributed by atoms with Crippen LogP contribution in [0.25, 0.3) is 0 Å². The quantitative estimate of drug-likeness (QED) is 0.576. The first-order chi connectivity index (χ1) is 8.56. The lowest BCUT2D eigenvalue weighted by Gasteiger charge is -2.07. The molecule has 92 valence electrons. The van der Waals surface area contributed by atoms with Gasteiger partial charge in [0.1, 0.15) is 0 Å². The van der Waals surface area contributed by atoms with E-state index < -0.39 is 0 Å². The molecule has 0 radical (unpaired) electrons. The number of nitrogens with two attached hydrogens (primary N) is 1. The molecule has 5 heteroatoms. The van der Waals surface area contributed by atoms with E-state index in [4.69, 9.17) is 5.73 Å². The van der Waals surface area contributed by atoms with Gasteiger partial charge in [-0.1, -0.05) is 0 Å². The average Bonchev–Trinajstić information content (AvgIpc) is 2.34. The number of hydrogen-bond donors (Lipinski definition) is 2. The van der Waals surface area contributed by atoms with Gasteiger partial charge >= 0.3 is 0 Å². The van der Waals surface area contributed by atoms with Gasteiger partial charge in [0.15, 0.2) is 0 Å². The molecule has 3 N–H and O–H groups in total. The lowest BCUT2D eigenvalue weighted by atomic mass is 10.2. The van der Waals surface area contributed by atoms with Crippen LogP contribution in [0.3, 0.4) is 0 Å². The lowest BCUT2D eigenvalue weighted by molar-refractivity contribution is 0.102. The molecular formula is C13H10BrIN2O. The molecule has 2 aromatic carbocycles. The van der Waals surface area contributed by atoms with E-state index in [0.29, 0.717) is 16.9 Å². The molecule has 0 saturated heterocycles. The number of nitrogens with one attached hydrogen (secondary N) is 1. The minimum atomic E-state index is -0.136. The summed E-state index contributed by atoms with van der Waals surface area (Å²) in [7, 11) is 0. The van der Waals surface area contributed by atoms with Gasteiger partial charge in [-0.15, -0.1) is 0 Å². The van der Waals surface area contributed by atoms with Crippen LogP contribution in [-0.4, -0.2) is 5.91 Å². The van der Waals surface area contributed by atoms with E-state index in [1.807, 2.05) is 12.1 Å². The molecule has 0 spiro atoms. The second kappa shape index (κ2) is 5.71. The van der Waals surface area contributed by atoms with Crippen molar-refractivity contribution in [3.63, 3.8) is 0 Å². The van der Waals surface area contributed by atoms with Gasteiger partial charge in [0.05, 0.1) is 0 Å². The fourth-order valence-corrected chi connectivity index (χ4v) is 2.15. The van der Waals surface area contributed by atoms with Crippen molar-refractivity contribution in [1.82, 2.24) is 0 Å². The second-order valence-corrected chi connectivity index (χ2v) is 5.80. The molecule has 0 unspecified atom stereocenters. The van der Waals surface area contributed by atoms with Crippen LogP contribution in [0.5, 0.6) is 0 Å². The minimum absolute atomic E-state index is 0.136. The number of carbonyl (C=O) groups is 1. The molecule has 0 fully saturated rings. The molecule has 18 heavy (non-hydrogen) atoms. The van der Waals surface area contributed by atoms with Crippen molar-refractivity contribution in [3.8, 4) is 0 Å². The molecule has 0 aliphatic carbocycles. The summed E-state index contributed by atoms with van der Waals surface area (Å²) in [6.07, 6.45) is 0. The van der Waals surface area contributed by atoms with Gasteiger partial charge in [0, 0.05) is 25.0 Å². The zero-order chi connectivity index (χ0) is 13.1. The first kappa shape index (κ1) is 13.4. The fraction of sp³-hybridized carbons (Fsp3) is 0. The normalized spacial score (nSPS) is 10.1. The van der Waals surface area contributed by atoms with Crippen molar-refractivity contribution in [3.05, 3.63) is 56.1 Å². The van der Waals surface area contributed by atoms with Gasteiger partial charge in [-0.05, 0) is 81.0 Å². The Bertz CT molecular complexity index is 584. The highest BCUT2D eigenvalue weighted by atomic mass is 127. The van der Waals surface area contributed by atoms with Gasteiger partial charge < -0.3 is 11.1 Å². The highest BCUT2D eigenvalue weighted by Crippen LogP contribution is 2.23. The first-order valence-corrected chi connectivity index (χ1v) is 7.05. The molecule has 1 amide bonds. The molecule has 0 atom stereocenters. The van der Waals surface area contributed by atoms with E-state index in [2.05, 4.69) is 43.8 Å². The molecule has 0 aliphatic heterocycles. The van der Waals surface area contributed by atoms with E-state index in [1.165, 1.54) is 0 Å². The Morgan fingerprint density at radius 3 is 2.44 bits per heavy atom. The van der Waals surface area contributed by atoms with Crippen LogP contribution < -0.4 is 11.1 Å². The molecular weight excluding hydrogens is 407 g/mol. The highest BCUT2D eigenvalue weighted by Gasteiger charge is 2.06. The highest BCUT2D eigenvalue weighted by molar-refractivity contribution is 14.1. The lowest BCUT2D eigenvalue weighted by Crippen LogP contribution is -2.11. The van der Waals surface area contributed by atoms with Crippen molar-refractivity contribution in [2.75, 3.05) is 11.1 Å². The van der Waals surface area contributed by atoms with Crippen molar-refractivity contribution in [2.45, 2.75) is 0 Å². The summed E-state index contributed by atoms with van der Waals surface area (Å²) in [6, 6.07) is 12.7. The Morgan fingerprint density at radius 2 is 1.83 bits per heavy atom. The molecule has 0 heterocycles. The Kier molecular flexibility index (Phi) is 4.23. The molecule has 0 bridgehead atoms. The summed E-state index contributed by atoms with van der Waals surface area (Å²) in [5, 5.41) is 2.82.